The standard InChI is InChI=1S/C36H34N4O6S.C21H24N4O4S.C16H16N4O3S.C2HF3O2/c41-32(20-44-34-11-5-6-16-43-34)24-14-12-23(13-15-24)17-33-39-35(46-40-33)31(18-25-21-47-22-37-25)38-36(42)45-19-30-28-9-3-1-7-26(28)27-8-2-4-10-29(27)30;22-17(10-16-12-30-13-23-16)21-24-19(25-29-21)9-14-4-6-15(7-5-14)18(26)11-28-20-3-1-2-8-27-20;17-13(6-12-8-24-9-18-12)16-19-15(20-23-16)5-10-1-3-11(4-2-10)14(22)7-21;3-2(4,5)1(6)7/h1-4,7-10,12-15,21-22,30-31,34H,5-6,11,16-20H2,(H,38,42);4-7,12-13,17,20H,1-3,8-11,22H2;1-4,8-9,13,21H,5-7,17H2;(H,6,7)/t31-,34?;17-,20?;13-;/m000./s1. The first-order chi connectivity index (χ1) is 52.4. The number of amides is 1. The molecule has 5 aromatic carbocycles. The van der Waals surface area contributed by atoms with E-state index in [1.807, 2.05) is 76.8 Å². The van der Waals surface area contributed by atoms with Crippen molar-refractivity contribution in [2.45, 2.75) is 120 Å². The maximum Gasteiger partial charge on any atom is 0.430 e. The van der Waals surface area contributed by atoms with Crippen molar-refractivity contribution in [2.24, 2.45) is 5.73 Å². The number of aliphatic hydroxyl groups is 1. The molecule has 27 nitrogen and oxygen atoms in total. The molecular formula is C75H75F3N12O15S3. The lowest BCUT2D eigenvalue weighted by Gasteiger charge is -2.22. The summed E-state index contributed by atoms with van der Waals surface area (Å²) in [6.45, 7) is 1.07. The van der Waals surface area contributed by atoms with E-state index < -0.39 is 30.9 Å². The molecule has 564 valence electrons. The van der Waals surface area contributed by atoms with Gasteiger partial charge in [0.15, 0.2) is 53.4 Å². The zero-order chi connectivity index (χ0) is 75.8. The van der Waals surface area contributed by atoms with Crippen molar-refractivity contribution in [1.82, 2.24) is 50.7 Å². The number of carbonyl (C=O) groups is 5. The third kappa shape index (κ3) is 23.1. The summed E-state index contributed by atoms with van der Waals surface area (Å²) < 4.78 is 75.8. The highest BCUT2D eigenvalue weighted by atomic mass is 32.1. The fourth-order valence-electron chi connectivity index (χ4n) is 11.6. The molecule has 2 saturated heterocycles. The minimum Gasteiger partial charge on any atom is -0.542 e. The number of hydrogen-bond donors (Lipinski definition) is 4. The lowest BCUT2D eigenvalue weighted by molar-refractivity contribution is -0.431. The summed E-state index contributed by atoms with van der Waals surface area (Å²) >= 11 is 4.54. The number of carboxylic acid groups (broad SMARTS) is 1. The van der Waals surface area contributed by atoms with Gasteiger partial charge in [-0.2, -0.15) is 28.1 Å². The van der Waals surface area contributed by atoms with Gasteiger partial charge in [0, 0.05) is 84.1 Å². The Kier molecular flexibility index (Phi) is 28.4. The number of nitrogens with two attached hydrogens (primary N) is 1. The topological polar surface area (TPSA) is 396 Å². The number of nitrogens with one attached hydrogen (secondary N) is 1. The van der Waals surface area contributed by atoms with Crippen LogP contribution in [0.3, 0.4) is 0 Å². The molecule has 2 fully saturated rings. The van der Waals surface area contributed by atoms with Crippen LogP contribution in [0.5, 0.6) is 0 Å². The number of rotatable bonds is 28. The number of aliphatic hydroxyl groups excluding tert-OH is 1. The fraction of sp³-hybridized carbons (Fsp3) is 0.333. The molecule has 0 radical (unpaired) electrons. The highest BCUT2D eigenvalue weighted by Gasteiger charge is 2.32. The highest BCUT2D eigenvalue weighted by Crippen LogP contribution is 2.44. The summed E-state index contributed by atoms with van der Waals surface area (Å²) in [4.78, 5) is 84.5. The van der Waals surface area contributed by atoms with E-state index in [1.54, 1.807) is 64.3 Å². The number of Topliss-reactive ketones (excluding diaryl/α,β-unsaturated/α-hetero) is 3. The minimum atomic E-state index is -5.19. The van der Waals surface area contributed by atoms with Crippen molar-refractivity contribution < 1.29 is 90.3 Å². The van der Waals surface area contributed by atoms with E-state index in [4.69, 9.17) is 58.0 Å². The number of halogens is 3. The number of quaternary nitrogens is 1. The van der Waals surface area contributed by atoms with E-state index in [2.05, 4.69) is 80.7 Å². The van der Waals surface area contributed by atoms with Gasteiger partial charge in [0.05, 0.1) is 46.1 Å². The van der Waals surface area contributed by atoms with Crippen LogP contribution in [-0.4, -0.2) is 138 Å². The Morgan fingerprint density at radius 3 is 1.43 bits per heavy atom. The molecule has 14 rings (SSSR count). The van der Waals surface area contributed by atoms with Gasteiger partial charge in [-0.3, -0.25) is 14.4 Å². The van der Waals surface area contributed by atoms with Gasteiger partial charge in [-0.1, -0.05) is 137 Å². The molecule has 0 saturated carbocycles. The third-order valence-corrected chi connectivity index (χ3v) is 19.1. The highest BCUT2D eigenvalue weighted by molar-refractivity contribution is 7.08. The molecule has 0 bridgehead atoms. The minimum absolute atomic E-state index is 0.0186. The molecule has 11 aromatic rings. The van der Waals surface area contributed by atoms with Crippen LogP contribution in [0.4, 0.5) is 18.0 Å². The molecule has 6 aromatic heterocycles. The summed E-state index contributed by atoms with van der Waals surface area (Å²) in [5.41, 5.74) is 27.2. The summed E-state index contributed by atoms with van der Waals surface area (Å²) in [5, 5.41) is 38.6. The molecule has 0 spiro atoms. The Balaban J connectivity index is 0.000000163. The summed E-state index contributed by atoms with van der Waals surface area (Å²) in [6.07, 6.45) is 2.44. The Bertz CT molecular complexity index is 4610. The Labute approximate surface area is 628 Å². The first kappa shape index (κ1) is 78.7. The SMILES string of the molecule is N[C@@H](Cc1cscn1)c1nc(Cc2ccc(C(=O)COC3CCCCO3)cc2)no1.O=C(N[C@@H](Cc1cscn1)c1nc(Cc2ccc(C(=O)COC3CCCCO3)cc2)no1)OCC1c2ccccc2-c2ccccc21.O=C([O-])C(F)(F)F.[NH3+][C@@H](Cc1cscn1)c1nc(Cc2ccc(C(=O)CO)cc2)no1. The molecular weight excluding hydrogens is 1460 g/mol. The maximum absolute atomic E-state index is 13.2. The van der Waals surface area contributed by atoms with Gasteiger partial charge in [-0.15, -0.1) is 34.0 Å². The maximum atomic E-state index is 13.2. The third-order valence-electron chi connectivity index (χ3n) is 17.2. The quantitative estimate of drug-likeness (QED) is 0.0331. The molecule has 1 aliphatic carbocycles. The van der Waals surface area contributed by atoms with E-state index in [-0.39, 0.29) is 73.6 Å². The van der Waals surface area contributed by atoms with E-state index >= 15 is 0 Å². The number of hydrogen-bond acceptors (Lipinski definition) is 28. The zero-order valence-corrected chi connectivity index (χ0v) is 60.5. The molecule has 2 unspecified atom stereocenters. The van der Waals surface area contributed by atoms with Crippen molar-refractivity contribution in [1.29, 1.82) is 0 Å². The number of carbonyl (C=O) groups excluding carboxylic acids is 5. The van der Waals surface area contributed by atoms with Crippen molar-refractivity contribution in [3.8, 4) is 11.1 Å². The molecule has 7 N–H and O–H groups in total. The van der Waals surface area contributed by atoms with Gasteiger partial charge in [-0.05, 0) is 77.5 Å². The second kappa shape index (κ2) is 39.0. The van der Waals surface area contributed by atoms with E-state index in [0.717, 1.165) is 94.6 Å². The van der Waals surface area contributed by atoms with E-state index in [1.165, 1.54) is 22.7 Å². The number of alkyl halides is 3. The van der Waals surface area contributed by atoms with Crippen LogP contribution >= 0.6 is 34.0 Å². The number of alkyl carbamates (subject to hydrolysis) is 1. The van der Waals surface area contributed by atoms with Crippen LogP contribution in [0.1, 0.15) is 174 Å². The van der Waals surface area contributed by atoms with Crippen LogP contribution in [0, 0.1) is 0 Å². The average Bonchev–Trinajstić information content (AvgIpc) is 1.61. The van der Waals surface area contributed by atoms with E-state index in [9.17, 15) is 32.3 Å². The van der Waals surface area contributed by atoms with Crippen LogP contribution in [0.15, 0.2) is 168 Å². The fourth-order valence-corrected chi connectivity index (χ4v) is 13.3. The first-order valence-electron chi connectivity index (χ1n) is 34.4. The van der Waals surface area contributed by atoms with Gasteiger partial charge < -0.3 is 69.0 Å². The van der Waals surface area contributed by atoms with Crippen molar-refractivity contribution in [3.05, 3.63) is 251 Å². The lowest BCUT2D eigenvalue weighted by atomic mass is 9.98. The summed E-state index contributed by atoms with van der Waals surface area (Å²) in [7, 11) is 0. The van der Waals surface area contributed by atoms with Gasteiger partial charge >= 0.3 is 12.3 Å². The lowest BCUT2D eigenvalue weighted by Crippen LogP contribution is -2.54. The smallest absolute Gasteiger partial charge is 0.430 e. The molecule has 5 atom stereocenters. The monoisotopic (exact) mass is 1540 g/mol. The number of aliphatic carboxylic acids is 1. The predicted octanol–water partition coefficient (Wildman–Crippen LogP) is 9.87. The van der Waals surface area contributed by atoms with Crippen molar-refractivity contribution in [3.63, 3.8) is 0 Å². The molecule has 33 heteroatoms. The van der Waals surface area contributed by atoms with Crippen LogP contribution in [-0.2, 0) is 67.0 Å². The molecule has 3 aliphatic rings. The molecule has 1 amide bonds. The molecule has 8 heterocycles. The summed E-state index contributed by atoms with van der Waals surface area (Å²) in [6, 6.07) is 36.9. The number of nitrogens with zero attached hydrogens (tertiary/aromatic N) is 9. The Morgan fingerprint density at radius 2 is 0.991 bits per heavy atom. The number of fused-ring (bicyclic) bond motifs is 3. The van der Waals surface area contributed by atoms with Gasteiger partial charge in [0.25, 0.3) is 5.89 Å². The average molecular weight is 1540 g/mol. The van der Waals surface area contributed by atoms with Crippen molar-refractivity contribution in [2.75, 3.05) is 39.6 Å². The number of ether oxygens (including phenoxy) is 5. The second-order valence-corrected chi connectivity index (χ2v) is 27.2. The number of benzene rings is 5. The second-order valence-electron chi connectivity index (χ2n) is 25.1. The van der Waals surface area contributed by atoms with E-state index in [0.29, 0.717) is 97.7 Å². The summed E-state index contributed by atoms with van der Waals surface area (Å²) in [5.74, 6) is -0.809. The Morgan fingerprint density at radius 1 is 0.574 bits per heavy atom. The molecule has 2 aliphatic heterocycles. The first-order valence-corrected chi connectivity index (χ1v) is 37.2. The number of ketones is 3. The molecule has 108 heavy (non-hydrogen) atoms. The predicted molar refractivity (Wildman–Crippen MR) is 382 cm³/mol. The zero-order valence-electron chi connectivity index (χ0n) is 58.0. The van der Waals surface area contributed by atoms with Gasteiger partial charge in [0.1, 0.15) is 38.4 Å². The van der Waals surface area contributed by atoms with Crippen LogP contribution < -0.4 is 21.9 Å². The van der Waals surface area contributed by atoms with Crippen molar-refractivity contribution >= 4 is 63.4 Å². The number of carboxylic acids is 1. The van der Waals surface area contributed by atoms with Crippen LogP contribution in [0.2, 0.25) is 0 Å². The largest absolute Gasteiger partial charge is 0.542 e. The van der Waals surface area contributed by atoms with Crippen LogP contribution in [0.25, 0.3) is 11.1 Å². The van der Waals surface area contributed by atoms with Gasteiger partial charge in [0.2, 0.25) is 11.8 Å². The van der Waals surface area contributed by atoms with Gasteiger partial charge in [-0.25, -0.2) is 19.7 Å². The number of thiazole rings is 3. The number of aromatic nitrogens is 9. The Hall–Kier alpha value is -10.3. The normalized spacial score (nSPS) is 15.5.